The van der Waals surface area contributed by atoms with Gasteiger partial charge >= 0.3 is 0 Å². The normalized spacial score (nSPS) is 12.3. The van der Waals surface area contributed by atoms with Crippen molar-refractivity contribution in [2.24, 2.45) is 7.05 Å². The smallest absolute Gasteiger partial charge is 0.224 e. The molecular weight excluding hydrogens is 274 g/mol. The van der Waals surface area contributed by atoms with Gasteiger partial charge in [0.05, 0.1) is 12.5 Å². The Bertz CT molecular complexity index is 792. The molecule has 2 heterocycles. The van der Waals surface area contributed by atoms with Crippen LogP contribution >= 0.6 is 0 Å². The van der Waals surface area contributed by atoms with Crippen molar-refractivity contribution in [1.82, 2.24) is 14.9 Å². The van der Waals surface area contributed by atoms with Crippen molar-refractivity contribution in [3.05, 3.63) is 66.0 Å². The second kappa shape index (κ2) is 6.02. The predicted octanol–water partition coefficient (Wildman–Crippen LogP) is 2.99. The van der Waals surface area contributed by atoms with E-state index in [9.17, 15) is 4.79 Å². The molecule has 22 heavy (non-hydrogen) atoms. The van der Waals surface area contributed by atoms with Gasteiger partial charge in [-0.1, -0.05) is 30.3 Å². The van der Waals surface area contributed by atoms with E-state index in [0.29, 0.717) is 6.42 Å². The number of benzene rings is 1. The quantitative estimate of drug-likeness (QED) is 0.804. The summed E-state index contributed by atoms with van der Waals surface area (Å²) in [5, 5.41) is 4.08. The maximum Gasteiger partial charge on any atom is 0.224 e. The van der Waals surface area contributed by atoms with Crippen LogP contribution in [0, 0.1) is 0 Å². The van der Waals surface area contributed by atoms with Crippen LogP contribution in [0.15, 0.2) is 54.9 Å². The summed E-state index contributed by atoms with van der Waals surface area (Å²) in [6.45, 7) is 2.00. The summed E-state index contributed by atoms with van der Waals surface area (Å²) < 4.78 is 1.96. The number of rotatable bonds is 4. The summed E-state index contributed by atoms with van der Waals surface area (Å²) in [5.41, 5.74) is 3.01. The van der Waals surface area contributed by atoms with Gasteiger partial charge < -0.3 is 9.88 Å². The Balaban J connectivity index is 1.74. The monoisotopic (exact) mass is 293 g/mol. The third-order valence-corrected chi connectivity index (χ3v) is 3.84. The third kappa shape index (κ3) is 2.86. The zero-order valence-electron chi connectivity index (χ0n) is 12.8. The summed E-state index contributed by atoms with van der Waals surface area (Å²) in [6, 6.07) is 13.9. The van der Waals surface area contributed by atoms with Crippen molar-refractivity contribution in [3.8, 4) is 0 Å². The largest absolute Gasteiger partial charge is 0.349 e. The summed E-state index contributed by atoms with van der Waals surface area (Å²) in [7, 11) is 1.95. The number of carbonyl (C=O) groups is 1. The standard InChI is InChI=1S/C18H19N3O/c1-13(14-7-4-3-5-8-14)20-17(22)11-15-12-21(2)18-16(15)9-6-10-19-18/h3-10,12-13H,11H2,1-2H3,(H,20,22)/t13-/m0/s1. The molecule has 0 aliphatic heterocycles. The first-order chi connectivity index (χ1) is 10.6. The fourth-order valence-electron chi connectivity index (χ4n) is 2.72. The van der Waals surface area contributed by atoms with Gasteiger partial charge in [-0.25, -0.2) is 4.98 Å². The second-order valence-corrected chi connectivity index (χ2v) is 5.52. The molecule has 1 N–H and O–H groups in total. The highest BCUT2D eigenvalue weighted by molar-refractivity contribution is 5.87. The Morgan fingerprint density at radius 2 is 2.00 bits per heavy atom. The van der Waals surface area contributed by atoms with Gasteiger partial charge in [0.25, 0.3) is 0 Å². The Kier molecular flexibility index (Phi) is 3.92. The molecule has 2 aromatic heterocycles. The zero-order chi connectivity index (χ0) is 15.5. The Labute approximate surface area is 129 Å². The lowest BCUT2D eigenvalue weighted by atomic mass is 10.1. The zero-order valence-corrected chi connectivity index (χ0v) is 12.8. The fourth-order valence-corrected chi connectivity index (χ4v) is 2.72. The van der Waals surface area contributed by atoms with E-state index < -0.39 is 0 Å². The minimum atomic E-state index is 0.00167. The van der Waals surface area contributed by atoms with Crippen molar-refractivity contribution in [3.63, 3.8) is 0 Å². The van der Waals surface area contributed by atoms with Crippen LogP contribution in [0.5, 0.6) is 0 Å². The van der Waals surface area contributed by atoms with Gasteiger partial charge in [0.15, 0.2) is 0 Å². The van der Waals surface area contributed by atoms with Gasteiger partial charge in [0.2, 0.25) is 5.91 Å². The van der Waals surface area contributed by atoms with E-state index in [0.717, 1.165) is 22.2 Å². The maximum absolute atomic E-state index is 12.3. The molecule has 0 radical (unpaired) electrons. The molecule has 112 valence electrons. The molecule has 0 unspecified atom stereocenters. The minimum absolute atomic E-state index is 0.00167. The van der Waals surface area contributed by atoms with Gasteiger partial charge in [0, 0.05) is 24.8 Å². The van der Waals surface area contributed by atoms with Crippen LogP contribution in [0.3, 0.4) is 0 Å². The average Bonchev–Trinajstić information content (AvgIpc) is 2.85. The lowest BCUT2D eigenvalue weighted by Gasteiger charge is -2.14. The molecule has 0 bridgehead atoms. The fraction of sp³-hybridized carbons (Fsp3) is 0.222. The molecule has 0 spiro atoms. The number of aryl methyl sites for hydroxylation is 1. The molecule has 1 atom stereocenters. The highest BCUT2D eigenvalue weighted by atomic mass is 16.1. The molecule has 3 rings (SSSR count). The van der Waals surface area contributed by atoms with E-state index in [-0.39, 0.29) is 11.9 Å². The summed E-state index contributed by atoms with van der Waals surface area (Å²) in [4.78, 5) is 16.7. The molecule has 4 nitrogen and oxygen atoms in total. The Hall–Kier alpha value is -2.62. The van der Waals surface area contributed by atoms with Gasteiger partial charge in [-0.15, -0.1) is 0 Å². The number of nitrogens with zero attached hydrogens (tertiary/aromatic N) is 2. The van der Waals surface area contributed by atoms with E-state index in [1.54, 1.807) is 6.20 Å². The number of nitrogens with one attached hydrogen (secondary N) is 1. The first kappa shape index (κ1) is 14.3. The first-order valence-electron chi connectivity index (χ1n) is 7.38. The number of hydrogen-bond acceptors (Lipinski definition) is 2. The molecule has 0 saturated heterocycles. The van der Waals surface area contributed by atoms with Gasteiger partial charge in [0.1, 0.15) is 5.65 Å². The van der Waals surface area contributed by atoms with Crippen LogP contribution in [0.25, 0.3) is 11.0 Å². The molecule has 0 aliphatic rings. The van der Waals surface area contributed by atoms with Crippen LogP contribution in [0.4, 0.5) is 0 Å². The lowest BCUT2D eigenvalue weighted by molar-refractivity contribution is -0.121. The number of amides is 1. The number of carbonyl (C=O) groups excluding carboxylic acids is 1. The van der Waals surface area contributed by atoms with Crippen LogP contribution in [-0.4, -0.2) is 15.5 Å². The first-order valence-corrected chi connectivity index (χ1v) is 7.38. The van der Waals surface area contributed by atoms with E-state index in [2.05, 4.69) is 10.3 Å². The molecule has 0 fully saturated rings. The van der Waals surface area contributed by atoms with Crippen molar-refractivity contribution < 1.29 is 4.79 Å². The van der Waals surface area contributed by atoms with Crippen LogP contribution in [-0.2, 0) is 18.3 Å². The van der Waals surface area contributed by atoms with E-state index in [1.807, 2.05) is 67.2 Å². The number of aromatic nitrogens is 2. The highest BCUT2D eigenvalue weighted by Gasteiger charge is 2.13. The topological polar surface area (TPSA) is 46.9 Å². The molecule has 0 saturated carbocycles. The highest BCUT2D eigenvalue weighted by Crippen LogP contribution is 2.19. The van der Waals surface area contributed by atoms with Crippen LogP contribution in [0.2, 0.25) is 0 Å². The minimum Gasteiger partial charge on any atom is -0.349 e. The van der Waals surface area contributed by atoms with Crippen LogP contribution in [0.1, 0.15) is 24.1 Å². The van der Waals surface area contributed by atoms with Crippen molar-refractivity contribution in [1.29, 1.82) is 0 Å². The summed E-state index contributed by atoms with van der Waals surface area (Å²) in [6.07, 6.45) is 4.11. The van der Waals surface area contributed by atoms with Crippen molar-refractivity contribution >= 4 is 16.9 Å². The Morgan fingerprint density at radius 1 is 1.23 bits per heavy atom. The SMILES string of the molecule is C[C@H](NC(=O)Cc1cn(C)c2ncccc12)c1ccccc1. The van der Waals surface area contributed by atoms with Crippen molar-refractivity contribution in [2.75, 3.05) is 0 Å². The number of fused-ring (bicyclic) bond motifs is 1. The predicted molar refractivity (Wildman–Crippen MR) is 87.4 cm³/mol. The van der Waals surface area contributed by atoms with Gasteiger partial charge in [-0.2, -0.15) is 0 Å². The van der Waals surface area contributed by atoms with Crippen LogP contribution < -0.4 is 5.32 Å². The second-order valence-electron chi connectivity index (χ2n) is 5.52. The Morgan fingerprint density at radius 3 is 2.77 bits per heavy atom. The number of pyridine rings is 1. The van der Waals surface area contributed by atoms with E-state index in [1.165, 1.54) is 0 Å². The molecule has 4 heteroatoms. The summed E-state index contributed by atoms with van der Waals surface area (Å²) in [5.74, 6) is 0.0210. The summed E-state index contributed by atoms with van der Waals surface area (Å²) >= 11 is 0. The van der Waals surface area contributed by atoms with Crippen molar-refractivity contribution in [2.45, 2.75) is 19.4 Å². The molecule has 1 amide bonds. The third-order valence-electron chi connectivity index (χ3n) is 3.84. The average molecular weight is 293 g/mol. The van der Waals surface area contributed by atoms with E-state index in [4.69, 9.17) is 0 Å². The molecule has 3 aromatic rings. The van der Waals surface area contributed by atoms with Gasteiger partial charge in [-0.3, -0.25) is 4.79 Å². The number of hydrogen-bond donors (Lipinski definition) is 1. The molecule has 0 aliphatic carbocycles. The van der Waals surface area contributed by atoms with E-state index >= 15 is 0 Å². The lowest BCUT2D eigenvalue weighted by Crippen LogP contribution is -2.28. The maximum atomic E-state index is 12.3. The molecule has 1 aromatic carbocycles. The molecular formula is C18H19N3O. The van der Waals surface area contributed by atoms with Gasteiger partial charge in [-0.05, 0) is 30.2 Å².